The molecule has 0 radical (unpaired) electrons. The third-order valence-electron chi connectivity index (χ3n) is 21.8. The lowest BCUT2D eigenvalue weighted by molar-refractivity contribution is -0.285. The van der Waals surface area contributed by atoms with Gasteiger partial charge in [-0.05, 0) is 125 Å². The molecule has 5 saturated heterocycles. The van der Waals surface area contributed by atoms with Crippen molar-refractivity contribution in [2.45, 2.75) is 178 Å². The summed E-state index contributed by atoms with van der Waals surface area (Å²) < 4.78 is 34.6. The molecule has 13 heteroatoms. The van der Waals surface area contributed by atoms with Crippen molar-refractivity contribution in [2.75, 3.05) is 26.4 Å². The fourth-order valence-corrected chi connectivity index (χ4v) is 18.7. The Labute approximate surface area is 425 Å². The molecular formula is C59H80N2O11. The number of aliphatic hydroxyl groups is 3. The van der Waals surface area contributed by atoms with Crippen molar-refractivity contribution >= 4 is 17.7 Å². The quantitative estimate of drug-likeness (QED) is 0.0763. The number of rotatable bonds is 13. The zero-order valence-corrected chi connectivity index (χ0v) is 43.0. The first-order valence-electron chi connectivity index (χ1n) is 28.1. The number of allylic oxidation sites excluding steroid dienone is 1. The summed E-state index contributed by atoms with van der Waals surface area (Å²) in [6, 6.07) is 12.8. The minimum atomic E-state index is -1.49. The van der Waals surface area contributed by atoms with E-state index < -0.39 is 87.8 Å². The number of esters is 2. The van der Waals surface area contributed by atoms with E-state index in [-0.39, 0.29) is 42.0 Å². The standard InChI is InChI=1S/C59H80N2O11/c1-34(2)19-25-55(4)47-46(64)48(65)58(39-14-10-13-36(28-39)27-35-11-6-5-7-12-35)45(57(47)32-69-53(67)56(52(57)72-55)22-8-9-23-56)20-24-54(3)49(70-51(66)50-59(54,58)71-50)40-21-26-68-44(40)29-41(43(63)31-62)37-15-17-38(18-16-37)42-30-60-33-61-42/h5-7,11-12,15,17,21,26,34,36-39,41-43,45,47-50,52,60-63,65H,8-10,13-14,16,18-20,22-25,27-33H2,1-4H3/t36-,37+,38-,39+,41+,42-,43-,45-,47-,48-,49+,50-,52+,54+,55+,57-,58+,59-/m1/s1. The highest BCUT2D eigenvalue weighted by atomic mass is 16.7. The Morgan fingerprint density at radius 3 is 2.43 bits per heavy atom. The van der Waals surface area contributed by atoms with Crippen LogP contribution in [-0.2, 0) is 46.2 Å². The molecule has 1 aromatic heterocycles. The molecule has 5 aliphatic carbocycles. The number of carbonyl (C=O) groups is 3. The number of epoxide rings is 1. The van der Waals surface area contributed by atoms with Gasteiger partial charge in [0.15, 0.2) is 11.9 Å². The van der Waals surface area contributed by atoms with Gasteiger partial charge < -0.3 is 44.0 Å². The summed E-state index contributed by atoms with van der Waals surface area (Å²) in [5.41, 5.74) is -4.45. The van der Waals surface area contributed by atoms with Crippen LogP contribution < -0.4 is 10.6 Å². The number of carbonyl (C=O) groups excluding carboxylic acids is 3. The molecular weight excluding hydrogens is 913 g/mol. The Morgan fingerprint density at radius 2 is 1.71 bits per heavy atom. The van der Waals surface area contributed by atoms with E-state index >= 15 is 9.59 Å². The van der Waals surface area contributed by atoms with E-state index in [0.29, 0.717) is 67.7 Å². The van der Waals surface area contributed by atoms with E-state index in [1.807, 2.05) is 12.1 Å². The number of benzene rings is 1. The first-order chi connectivity index (χ1) is 34.7. The van der Waals surface area contributed by atoms with Crippen LogP contribution in [0, 0.1) is 69.0 Å². The van der Waals surface area contributed by atoms with Gasteiger partial charge in [0.1, 0.15) is 30.2 Å². The van der Waals surface area contributed by atoms with Crippen LogP contribution in [0.25, 0.3) is 0 Å². The summed E-state index contributed by atoms with van der Waals surface area (Å²) in [4.78, 5) is 46.0. The van der Waals surface area contributed by atoms with Crippen molar-refractivity contribution in [3.63, 3.8) is 0 Å². The number of hydrogen-bond acceptors (Lipinski definition) is 13. The maximum atomic E-state index is 16.4. The van der Waals surface area contributed by atoms with Crippen LogP contribution in [0.4, 0.5) is 0 Å². The van der Waals surface area contributed by atoms with Crippen LogP contribution in [-0.4, -0.2) is 101 Å². The molecule has 12 rings (SSSR count). The highest BCUT2D eigenvalue weighted by molar-refractivity contribution is 5.93. The number of hydrogen-bond donors (Lipinski definition) is 5. The lowest BCUT2D eigenvalue weighted by atomic mass is 9.32. The van der Waals surface area contributed by atoms with Gasteiger partial charge in [-0.25, -0.2) is 4.79 Å². The van der Waals surface area contributed by atoms with Gasteiger partial charge in [-0.3, -0.25) is 14.9 Å². The van der Waals surface area contributed by atoms with Crippen molar-refractivity contribution in [1.82, 2.24) is 10.6 Å². The van der Waals surface area contributed by atoms with Gasteiger partial charge in [0.25, 0.3) is 0 Å². The molecule has 13 nitrogen and oxygen atoms in total. The fraction of sp³-hybridized carbons (Fsp3) is 0.746. The van der Waals surface area contributed by atoms with Gasteiger partial charge in [0.2, 0.25) is 0 Å². The van der Waals surface area contributed by atoms with Gasteiger partial charge in [0.05, 0.1) is 42.0 Å². The Balaban J connectivity index is 0.986. The minimum absolute atomic E-state index is 0.0207. The largest absolute Gasteiger partial charge is 0.469 e. The summed E-state index contributed by atoms with van der Waals surface area (Å²) in [5.74, 6) is -1.18. The Kier molecular flexibility index (Phi) is 12.4. The van der Waals surface area contributed by atoms with E-state index in [2.05, 4.69) is 74.7 Å². The molecule has 2 aromatic rings. The van der Waals surface area contributed by atoms with Crippen molar-refractivity contribution in [3.05, 3.63) is 71.7 Å². The first kappa shape index (κ1) is 49.4. The third kappa shape index (κ3) is 6.97. The van der Waals surface area contributed by atoms with Crippen molar-refractivity contribution in [3.8, 4) is 0 Å². The molecule has 72 heavy (non-hydrogen) atoms. The lowest BCUT2D eigenvalue weighted by Gasteiger charge is -2.70. The van der Waals surface area contributed by atoms with Crippen LogP contribution in [0.3, 0.4) is 0 Å². The van der Waals surface area contributed by atoms with Crippen LogP contribution in [0.2, 0.25) is 0 Å². The van der Waals surface area contributed by atoms with Crippen molar-refractivity contribution in [1.29, 1.82) is 0 Å². The molecule has 392 valence electrons. The van der Waals surface area contributed by atoms with Gasteiger partial charge in [-0.15, -0.1) is 0 Å². The van der Waals surface area contributed by atoms with Crippen LogP contribution in [0.5, 0.6) is 0 Å². The van der Waals surface area contributed by atoms with Gasteiger partial charge in [0, 0.05) is 53.4 Å². The molecule has 5 N–H and O–H groups in total. The zero-order valence-electron chi connectivity index (χ0n) is 43.0. The highest BCUT2D eigenvalue weighted by Gasteiger charge is 2.94. The van der Waals surface area contributed by atoms with Gasteiger partial charge in [-0.2, -0.15) is 0 Å². The predicted octanol–water partition coefficient (Wildman–Crippen LogP) is 7.34. The first-order valence-corrected chi connectivity index (χ1v) is 28.1. The smallest absolute Gasteiger partial charge is 0.339 e. The summed E-state index contributed by atoms with van der Waals surface area (Å²) >= 11 is 0. The highest BCUT2D eigenvalue weighted by Crippen LogP contribution is 2.84. The van der Waals surface area contributed by atoms with Gasteiger partial charge >= 0.3 is 11.9 Å². The summed E-state index contributed by atoms with van der Waals surface area (Å²) in [7, 11) is 0. The topological polar surface area (TPSA) is 189 Å². The number of ketones is 1. The fourth-order valence-electron chi connectivity index (χ4n) is 18.7. The molecule has 6 heterocycles. The second-order valence-electron chi connectivity index (χ2n) is 25.6. The summed E-state index contributed by atoms with van der Waals surface area (Å²) in [6.45, 7) is 9.93. The zero-order chi connectivity index (χ0) is 50.0. The SMILES string of the molecule is CC(C)CC[C@]1(C)O[C@H]2C3(CCCC3)C(=O)OC[C@]23[C@H]2CC[C@@]4(C)[C@H](c5ccoc5C[C@H]([C@H](O)CO)[C@H]5C=C[C@@H]([C@H]6CNCN6)CC5)OC(=O)[C@H]5O[C@]54[C@]2([C@H]2CCC[C@H](Cc4ccccc4)C2)[C@H](O)C(=O)[C@@H]31. The maximum absolute atomic E-state index is 16.4. The van der Waals surface area contributed by atoms with E-state index in [4.69, 9.17) is 23.4 Å². The summed E-state index contributed by atoms with van der Waals surface area (Å²) in [5, 5.41) is 42.9. The van der Waals surface area contributed by atoms with E-state index in [1.54, 1.807) is 6.26 Å². The monoisotopic (exact) mass is 993 g/mol. The Hall–Kier alpha value is -3.43. The molecule has 1 aromatic carbocycles. The van der Waals surface area contributed by atoms with Crippen LogP contribution in [0.15, 0.2) is 59.2 Å². The van der Waals surface area contributed by atoms with E-state index in [1.165, 1.54) is 5.56 Å². The number of cyclic esters (lactones) is 2. The number of aliphatic hydroxyl groups excluding tert-OH is 3. The maximum Gasteiger partial charge on any atom is 0.339 e. The molecule has 0 bridgehead atoms. The minimum Gasteiger partial charge on any atom is -0.469 e. The van der Waals surface area contributed by atoms with E-state index in [0.717, 1.165) is 77.4 Å². The molecule has 3 spiro atoms. The molecule has 0 unspecified atom stereocenters. The van der Waals surface area contributed by atoms with E-state index in [9.17, 15) is 20.1 Å². The average Bonchev–Trinajstić information content (AvgIpc) is 3.89. The molecule has 5 aliphatic heterocycles. The Morgan fingerprint density at radius 1 is 0.903 bits per heavy atom. The van der Waals surface area contributed by atoms with Crippen LogP contribution >= 0.6 is 0 Å². The van der Waals surface area contributed by atoms with Gasteiger partial charge in [-0.1, -0.05) is 88.9 Å². The summed E-state index contributed by atoms with van der Waals surface area (Å²) in [6.07, 6.45) is 13.0. The number of ether oxygens (including phenoxy) is 4. The number of fused-ring (bicyclic) bond motifs is 2. The number of nitrogens with one attached hydrogen (secondary N) is 2. The second-order valence-corrected chi connectivity index (χ2v) is 25.6. The van der Waals surface area contributed by atoms with Crippen LogP contribution in [0.1, 0.15) is 141 Å². The van der Waals surface area contributed by atoms with Crippen molar-refractivity contribution in [2.24, 2.45) is 69.0 Å². The van der Waals surface area contributed by atoms with Crippen molar-refractivity contribution < 1.29 is 53.1 Å². The lowest BCUT2D eigenvalue weighted by Crippen LogP contribution is -2.80. The molecule has 9 fully saturated rings. The average molecular weight is 993 g/mol. The predicted molar refractivity (Wildman–Crippen MR) is 266 cm³/mol. The molecule has 10 aliphatic rings. The Bertz CT molecular complexity index is 2410. The normalized spacial score (nSPS) is 44.6. The third-order valence-corrected chi connectivity index (χ3v) is 21.8. The number of Topliss-reactive ketones (excluding diaryl/α,β-unsaturated/α-hetero) is 1. The number of furan rings is 1. The second kappa shape index (κ2) is 18.1. The molecule has 4 saturated carbocycles. The molecule has 0 amide bonds. The molecule has 18 atom stereocenters.